The highest BCUT2D eigenvalue weighted by Crippen LogP contribution is 2.22. The van der Waals surface area contributed by atoms with Crippen molar-refractivity contribution in [1.29, 1.82) is 0 Å². The standard InChI is InChI=1S/C17H16FN3.ClH/c1-12-7-15(3-4-17(12)18)16-8-14(9-19-10-16)11-21-6-5-20-13(21)2;/h3-10H,11H2,1-2H3;1H. The number of aryl methyl sites for hydroxylation is 2. The van der Waals surface area contributed by atoms with E-state index in [0.29, 0.717) is 5.56 Å². The summed E-state index contributed by atoms with van der Waals surface area (Å²) in [5.74, 6) is 0.787. The smallest absolute Gasteiger partial charge is 0.126 e. The first-order valence-electron chi connectivity index (χ1n) is 6.81. The Morgan fingerprint density at radius 3 is 2.59 bits per heavy atom. The highest BCUT2D eigenvalue weighted by molar-refractivity contribution is 5.85. The van der Waals surface area contributed by atoms with Crippen molar-refractivity contribution in [2.45, 2.75) is 20.4 Å². The number of hydrogen-bond acceptors (Lipinski definition) is 2. The highest BCUT2D eigenvalue weighted by atomic mass is 35.5. The topological polar surface area (TPSA) is 30.7 Å². The van der Waals surface area contributed by atoms with Crippen molar-refractivity contribution in [3.05, 3.63) is 71.8 Å². The largest absolute Gasteiger partial charge is 0.331 e. The van der Waals surface area contributed by atoms with E-state index in [2.05, 4.69) is 20.6 Å². The van der Waals surface area contributed by atoms with Gasteiger partial charge in [-0.3, -0.25) is 4.98 Å². The molecule has 0 aliphatic rings. The van der Waals surface area contributed by atoms with Gasteiger partial charge in [-0.05, 0) is 48.7 Å². The van der Waals surface area contributed by atoms with Gasteiger partial charge in [0.1, 0.15) is 11.6 Å². The van der Waals surface area contributed by atoms with Crippen LogP contribution in [0.3, 0.4) is 0 Å². The Morgan fingerprint density at radius 1 is 1.09 bits per heavy atom. The monoisotopic (exact) mass is 317 g/mol. The van der Waals surface area contributed by atoms with Crippen LogP contribution in [0, 0.1) is 19.7 Å². The summed E-state index contributed by atoms with van der Waals surface area (Å²) < 4.78 is 15.4. The van der Waals surface area contributed by atoms with Gasteiger partial charge < -0.3 is 4.57 Å². The summed E-state index contributed by atoms with van der Waals surface area (Å²) in [6.45, 7) is 4.47. The van der Waals surface area contributed by atoms with E-state index < -0.39 is 0 Å². The van der Waals surface area contributed by atoms with Gasteiger partial charge in [-0.1, -0.05) is 6.07 Å². The van der Waals surface area contributed by atoms with E-state index in [4.69, 9.17) is 0 Å². The first-order chi connectivity index (χ1) is 10.1. The molecule has 3 aromatic rings. The van der Waals surface area contributed by atoms with Gasteiger partial charge in [0.05, 0.1) is 6.54 Å². The van der Waals surface area contributed by atoms with E-state index in [0.717, 1.165) is 29.1 Å². The van der Waals surface area contributed by atoms with Crippen LogP contribution in [0.1, 0.15) is 17.0 Å². The Balaban J connectivity index is 0.00000176. The van der Waals surface area contributed by atoms with Gasteiger partial charge in [0, 0.05) is 30.4 Å². The molecular weight excluding hydrogens is 301 g/mol. The van der Waals surface area contributed by atoms with Crippen LogP contribution in [-0.4, -0.2) is 14.5 Å². The normalized spacial score (nSPS) is 10.3. The second kappa shape index (κ2) is 6.71. The van der Waals surface area contributed by atoms with Gasteiger partial charge in [-0.2, -0.15) is 0 Å². The van der Waals surface area contributed by atoms with E-state index in [1.165, 1.54) is 6.07 Å². The third-order valence-electron chi connectivity index (χ3n) is 3.56. The van der Waals surface area contributed by atoms with Crippen LogP contribution in [0.25, 0.3) is 11.1 Å². The van der Waals surface area contributed by atoms with Crippen LogP contribution >= 0.6 is 12.4 Å². The zero-order chi connectivity index (χ0) is 14.8. The number of imidazole rings is 1. The maximum Gasteiger partial charge on any atom is 0.126 e. The van der Waals surface area contributed by atoms with Crippen molar-refractivity contribution < 1.29 is 4.39 Å². The number of pyridine rings is 1. The number of halogens is 2. The lowest BCUT2D eigenvalue weighted by Crippen LogP contribution is -2.01. The summed E-state index contributed by atoms with van der Waals surface area (Å²) in [7, 11) is 0. The Morgan fingerprint density at radius 2 is 1.91 bits per heavy atom. The molecule has 0 radical (unpaired) electrons. The first kappa shape index (κ1) is 16.2. The van der Waals surface area contributed by atoms with Crippen LogP contribution in [0.15, 0.2) is 49.1 Å². The summed E-state index contributed by atoms with van der Waals surface area (Å²) in [6, 6.07) is 7.21. The fourth-order valence-electron chi connectivity index (χ4n) is 2.32. The average Bonchev–Trinajstić information content (AvgIpc) is 2.88. The van der Waals surface area contributed by atoms with Gasteiger partial charge >= 0.3 is 0 Å². The lowest BCUT2D eigenvalue weighted by Gasteiger charge is -2.08. The van der Waals surface area contributed by atoms with Crippen LogP contribution in [0.2, 0.25) is 0 Å². The van der Waals surface area contributed by atoms with Crippen molar-refractivity contribution in [3.63, 3.8) is 0 Å². The van der Waals surface area contributed by atoms with Crippen molar-refractivity contribution >= 4 is 12.4 Å². The summed E-state index contributed by atoms with van der Waals surface area (Å²) >= 11 is 0. The SMILES string of the molecule is Cc1cc(-c2cncc(Cn3ccnc3C)c2)ccc1F.Cl. The fraction of sp³-hybridized carbons (Fsp3) is 0.176. The van der Waals surface area contributed by atoms with Crippen molar-refractivity contribution in [1.82, 2.24) is 14.5 Å². The van der Waals surface area contributed by atoms with Gasteiger partial charge in [-0.25, -0.2) is 9.37 Å². The Bertz CT molecular complexity index is 783. The molecule has 2 aromatic heterocycles. The van der Waals surface area contributed by atoms with Crippen LogP contribution in [0.5, 0.6) is 0 Å². The van der Waals surface area contributed by atoms with Gasteiger partial charge in [0.25, 0.3) is 0 Å². The molecule has 3 rings (SSSR count). The predicted molar refractivity (Wildman–Crippen MR) is 87.7 cm³/mol. The van der Waals surface area contributed by atoms with E-state index in [1.807, 2.05) is 25.4 Å². The molecule has 0 amide bonds. The summed E-state index contributed by atoms with van der Waals surface area (Å²) in [4.78, 5) is 8.51. The third kappa shape index (κ3) is 3.34. The zero-order valence-electron chi connectivity index (χ0n) is 12.5. The van der Waals surface area contributed by atoms with Gasteiger partial charge in [0.2, 0.25) is 0 Å². The molecule has 0 aliphatic carbocycles. The molecule has 114 valence electrons. The fourth-order valence-corrected chi connectivity index (χ4v) is 2.32. The molecule has 2 heterocycles. The number of benzene rings is 1. The Hall–Kier alpha value is -2.20. The summed E-state index contributed by atoms with van der Waals surface area (Å²) in [5, 5.41) is 0. The zero-order valence-corrected chi connectivity index (χ0v) is 13.3. The maximum absolute atomic E-state index is 13.4. The van der Waals surface area contributed by atoms with Gasteiger partial charge in [-0.15, -0.1) is 12.4 Å². The van der Waals surface area contributed by atoms with Crippen LogP contribution in [-0.2, 0) is 6.54 Å². The molecule has 0 aliphatic heterocycles. The Labute approximate surface area is 135 Å². The number of aromatic nitrogens is 3. The second-order valence-electron chi connectivity index (χ2n) is 5.15. The minimum Gasteiger partial charge on any atom is -0.331 e. The number of nitrogens with zero attached hydrogens (tertiary/aromatic N) is 3. The van der Waals surface area contributed by atoms with E-state index in [-0.39, 0.29) is 18.2 Å². The number of rotatable bonds is 3. The quantitative estimate of drug-likeness (QED) is 0.726. The molecule has 0 saturated heterocycles. The molecule has 0 bridgehead atoms. The molecule has 0 fully saturated rings. The van der Waals surface area contributed by atoms with Gasteiger partial charge in [0.15, 0.2) is 0 Å². The molecular formula is C17H17ClFN3. The second-order valence-corrected chi connectivity index (χ2v) is 5.15. The number of hydrogen-bond donors (Lipinski definition) is 0. The third-order valence-corrected chi connectivity index (χ3v) is 3.56. The molecule has 0 N–H and O–H groups in total. The molecule has 22 heavy (non-hydrogen) atoms. The minimum atomic E-state index is -0.183. The molecule has 1 aromatic carbocycles. The Kier molecular flexibility index (Phi) is 4.93. The maximum atomic E-state index is 13.4. The van der Waals surface area contributed by atoms with E-state index in [9.17, 15) is 4.39 Å². The lowest BCUT2D eigenvalue weighted by molar-refractivity contribution is 0.619. The minimum absolute atomic E-state index is 0. The van der Waals surface area contributed by atoms with E-state index in [1.54, 1.807) is 25.4 Å². The first-order valence-corrected chi connectivity index (χ1v) is 6.81. The molecule has 3 nitrogen and oxygen atoms in total. The van der Waals surface area contributed by atoms with Crippen LogP contribution in [0.4, 0.5) is 4.39 Å². The molecule has 0 spiro atoms. The molecule has 0 unspecified atom stereocenters. The average molecular weight is 318 g/mol. The summed E-state index contributed by atoms with van der Waals surface area (Å²) in [6.07, 6.45) is 7.39. The van der Waals surface area contributed by atoms with Crippen molar-refractivity contribution in [2.75, 3.05) is 0 Å². The van der Waals surface area contributed by atoms with Crippen molar-refractivity contribution in [2.24, 2.45) is 0 Å². The lowest BCUT2D eigenvalue weighted by atomic mass is 10.0. The molecule has 5 heteroatoms. The molecule has 0 atom stereocenters. The highest BCUT2D eigenvalue weighted by Gasteiger charge is 2.05. The van der Waals surface area contributed by atoms with E-state index >= 15 is 0 Å². The van der Waals surface area contributed by atoms with Crippen LogP contribution < -0.4 is 0 Å². The van der Waals surface area contributed by atoms with Crippen molar-refractivity contribution in [3.8, 4) is 11.1 Å². The molecule has 0 saturated carbocycles. The summed E-state index contributed by atoms with van der Waals surface area (Å²) in [5.41, 5.74) is 3.71. The predicted octanol–water partition coefficient (Wildman–Crippen LogP) is 4.17.